The van der Waals surface area contributed by atoms with Crippen LogP contribution in [0, 0.1) is 0 Å². The van der Waals surface area contributed by atoms with Gasteiger partial charge in [0, 0.05) is 111 Å². The predicted molar refractivity (Wildman–Crippen MR) is 5.75 cm³/mol. The van der Waals surface area contributed by atoms with Crippen LogP contribution in [0.15, 0.2) is 0 Å². The van der Waals surface area contributed by atoms with Crippen LogP contribution in [-0.2, 0) is 86.6 Å². The van der Waals surface area contributed by atoms with E-state index in [9.17, 15) is 0 Å². The zero-order valence-corrected chi connectivity index (χ0v) is 16.3. The second-order valence-electron chi connectivity index (χ2n) is 0. The summed E-state index contributed by atoms with van der Waals surface area (Å²) in [5, 5.41) is 0. The maximum Gasteiger partial charge on any atom is 0 e. The smallest absolute Gasteiger partial charge is 0 e. The number of hydrogen-bond acceptors (Lipinski definition) is 0. The van der Waals surface area contributed by atoms with E-state index in [1.807, 2.05) is 0 Å². The van der Waals surface area contributed by atoms with Crippen LogP contribution in [-0.4, -0.2) is 23.9 Å². The van der Waals surface area contributed by atoms with E-state index in [0.717, 1.165) is 0 Å². The fraction of sp³-hybridized carbons (Fsp3) is 0. The predicted octanol–water partition coefficient (Wildman–Crippen LogP) is -0.391. The van der Waals surface area contributed by atoms with Gasteiger partial charge >= 0.3 is 0 Å². The van der Waals surface area contributed by atoms with Crippen molar-refractivity contribution in [1.82, 2.24) is 0 Å². The number of rotatable bonds is 0. The van der Waals surface area contributed by atoms with Gasteiger partial charge in [-0.15, -0.1) is 0 Å². The first-order valence-corrected chi connectivity index (χ1v) is 0. The van der Waals surface area contributed by atoms with Gasteiger partial charge in [-0.2, -0.15) is 0 Å². The maximum atomic E-state index is 0. The van der Waals surface area contributed by atoms with Crippen LogP contribution in [0.4, 0.5) is 0 Å². The van der Waals surface area contributed by atoms with E-state index < -0.39 is 0 Å². The molecule has 0 aliphatic carbocycles. The Labute approximate surface area is 108 Å². The van der Waals surface area contributed by atoms with Gasteiger partial charge in [-0.25, -0.2) is 0 Å². The summed E-state index contributed by atoms with van der Waals surface area (Å²) in [6.45, 7) is 0. The van der Waals surface area contributed by atoms with E-state index in [2.05, 4.69) is 0 Å². The molecule has 0 amide bonds. The Hall–Kier alpha value is 3.62. The van der Waals surface area contributed by atoms with Crippen molar-refractivity contribution in [2.75, 3.05) is 0 Å². The summed E-state index contributed by atoms with van der Waals surface area (Å²) < 4.78 is 0. The molecule has 0 spiro atoms. The Kier molecular flexibility index (Phi) is 195. The van der Waals surface area contributed by atoms with Crippen molar-refractivity contribution in [2.24, 2.45) is 0 Å². The van der Waals surface area contributed by atoms with Gasteiger partial charge < -0.3 is 0 Å². The molecule has 0 nitrogen and oxygen atoms in total. The van der Waals surface area contributed by atoms with Crippen molar-refractivity contribution in [3.8, 4) is 0 Å². The Bertz CT molecular complexity index is 11.6. The SMILES string of the molecule is [Ag].[Cu].[Hg].[Sn].[Zn]. The molecule has 5 heavy (non-hydrogen) atoms. The topological polar surface area (TPSA) is 0 Å². The molecular formula is AgCuHgSnZn. The molecule has 0 aliphatic rings. The van der Waals surface area contributed by atoms with Crippen molar-refractivity contribution in [1.29, 1.82) is 0 Å². The molecule has 5 heteroatoms. The molecule has 0 saturated carbocycles. The molecule has 0 aromatic carbocycles. The largest absolute Gasteiger partial charge is 0 e. The van der Waals surface area contributed by atoms with E-state index in [1.54, 1.807) is 0 Å². The van der Waals surface area contributed by atoms with Gasteiger partial charge in [0.1, 0.15) is 0 Å². The molecule has 0 atom stereocenters. The third-order valence-electron chi connectivity index (χ3n) is 0. The Morgan fingerprint density at radius 3 is 1.00 bits per heavy atom. The molecule has 0 aliphatic heterocycles. The Morgan fingerprint density at radius 2 is 1.00 bits per heavy atom. The average molecular weight is 556 g/mol. The van der Waals surface area contributed by atoms with Crippen molar-refractivity contribution in [2.45, 2.75) is 0 Å². The summed E-state index contributed by atoms with van der Waals surface area (Å²) in [6, 6.07) is 0. The first-order chi connectivity index (χ1) is 0. The van der Waals surface area contributed by atoms with Gasteiger partial charge in [0.05, 0.1) is 0 Å². The van der Waals surface area contributed by atoms with Crippen molar-refractivity contribution < 1.29 is 86.6 Å². The summed E-state index contributed by atoms with van der Waals surface area (Å²) >= 11 is 0. The Morgan fingerprint density at radius 1 is 1.00 bits per heavy atom. The van der Waals surface area contributed by atoms with Gasteiger partial charge in [0.2, 0.25) is 0 Å². The van der Waals surface area contributed by atoms with Crippen molar-refractivity contribution >= 4 is 23.9 Å². The van der Waals surface area contributed by atoms with Crippen LogP contribution in [0.5, 0.6) is 0 Å². The van der Waals surface area contributed by atoms with Crippen LogP contribution >= 0.6 is 0 Å². The van der Waals surface area contributed by atoms with Crippen LogP contribution < -0.4 is 0 Å². The molecule has 0 N–H and O–H groups in total. The van der Waals surface area contributed by atoms with Crippen LogP contribution in [0.25, 0.3) is 0 Å². The van der Waals surface area contributed by atoms with Crippen molar-refractivity contribution in [3.63, 3.8) is 0 Å². The van der Waals surface area contributed by atoms with Crippen molar-refractivity contribution in [3.05, 3.63) is 0 Å². The molecule has 30 valence electrons. The molecule has 0 aromatic rings. The summed E-state index contributed by atoms with van der Waals surface area (Å²) in [6.07, 6.45) is 0. The fourth-order valence-electron chi connectivity index (χ4n) is 0. The van der Waals surface area contributed by atoms with Gasteiger partial charge in [-0.3, -0.25) is 0 Å². The molecule has 0 unspecified atom stereocenters. The van der Waals surface area contributed by atoms with E-state index >= 15 is 0 Å². The third-order valence-corrected chi connectivity index (χ3v) is 0. The minimum atomic E-state index is 0. The maximum absolute atomic E-state index is 0. The van der Waals surface area contributed by atoms with Crippen LogP contribution in [0.1, 0.15) is 0 Å². The van der Waals surface area contributed by atoms with E-state index in [-0.39, 0.29) is 111 Å². The normalized spacial score (nSPS) is 0. The molecule has 6 radical (unpaired) electrons. The number of hydrogen-bond donors (Lipinski definition) is 0. The van der Waals surface area contributed by atoms with Crippen LogP contribution in [0.2, 0.25) is 0 Å². The Balaban J connectivity index is 0. The second kappa shape index (κ2) is 25.5. The van der Waals surface area contributed by atoms with E-state index in [4.69, 9.17) is 0 Å². The molecule has 0 bridgehead atoms. The first kappa shape index (κ1) is 38.2. The van der Waals surface area contributed by atoms with E-state index in [1.165, 1.54) is 0 Å². The van der Waals surface area contributed by atoms with Gasteiger partial charge in [0.15, 0.2) is 0 Å². The van der Waals surface area contributed by atoms with Crippen LogP contribution in [0.3, 0.4) is 0 Å². The minimum Gasteiger partial charge on any atom is 0 e. The zero-order valence-electron chi connectivity index (χ0n) is 2.52. The zero-order chi connectivity index (χ0) is 0. The second-order valence-corrected chi connectivity index (χ2v) is 0. The molecular weight excluding hydrogens is 556 g/mol. The van der Waals surface area contributed by atoms with Gasteiger partial charge in [-0.1, -0.05) is 0 Å². The summed E-state index contributed by atoms with van der Waals surface area (Å²) in [5.41, 5.74) is 0. The minimum absolute atomic E-state index is 0. The third kappa shape index (κ3) is 18.4. The quantitative estimate of drug-likeness (QED) is 0.357. The molecule has 0 heterocycles. The average Bonchev–Trinajstić information content (AvgIpc) is 0. The van der Waals surface area contributed by atoms with E-state index in [0.29, 0.717) is 0 Å². The summed E-state index contributed by atoms with van der Waals surface area (Å²) in [5.74, 6) is 0. The monoisotopic (exact) mass is 556 g/mol. The first-order valence-electron chi connectivity index (χ1n) is 0. The molecule has 0 rings (SSSR count). The van der Waals surface area contributed by atoms with Gasteiger partial charge in [0.25, 0.3) is 0 Å². The molecule has 0 aromatic heterocycles. The standard InChI is InChI=1S/Ag.Cu.Hg.Sn.Zn. The molecule has 0 fully saturated rings. The molecule has 0 saturated heterocycles. The summed E-state index contributed by atoms with van der Waals surface area (Å²) in [4.78, 5) is 0. The van der Waals surface area contributed by atoms with Gasteiger partial charge in [-0.05, 0) is 0 Å². The fourth-order valence-corrected chi connectivity index (χ4v) is 0. The summed E-state index contributed by atoms with van der Waals surface area (Å²) in [7, 11) is 0.